The lowest BCUT2D eigenvalue weighted by molar-refractivity contribution is 0.549. The third-order valence-corrected chi connectivity index (χ3v) is 3.48. The number of aryl methyl sites for hydroxylation is 2. The number of imidazole rings is 1. The maximum absolute atomic E-state index is 5.37. The maximum atomic E-state index is 5.37. The Morgan fingerprint density at radius 1 is 0.938 bits per heavy atom. The third kappa shape index (κ3) is 4.12. The topological polar surface area (TPSA) is 9.86 Å². The Labute approximate surface area is 104 Å². The van der Waals surface area contributed by atoms with Crippen molar-refractivity contribution in [1.82, 2.24) is 9.13 Å². The number of aromatic nitrogens is 2. The van der Waals surface area contributed by atoms with E-state index in [1.54, 1.807) is 0 Å². The summed E-state index contributed by atoms with van der Waals surface area (Å²) < 4.78 is 5.28. The van der Waals surface area contributed by atoms with Gasteiger partial charge in [0.25, 0.3) is 0 Å². The van der Waals surface area contributed by atoms with E-state index < -0.39 is 0 Å². The molecule has 0 aliphatic carbocycles. The van der Waals surface area contributed by atoms with Gasteiger partial charge in [-0.2, -0.15) is 0 Å². The van der Waals surface area contributed by atoms with Gasteiger partial charge >= 0.3 is 0 Å². The van der Waals surface area contributed by atoms with Crippen LogP contribution in [0.25, 0.3) is 0 Å². The minimum Gasteiger partial charge on any atom is -0.324 e. The summed E-state index contributed by atoms with van der Waals surface area (Å²) in [6.07, 6.45) is 12.2. The van der Waals surface area contributed by atoms with E-state index in [-0.39, 0.29) is 0 Å². The van der Waals surface area contributed by atoms with Crippen molar-refractivity contribution in [1.29, 1.82) is 0 Å². The van der Waals surface area contributed by atoms with Gasteiger partial charge in [0, 0.05) is 25.5 Å². The third-order valence-electron chi connectivity index (χ3n) is 3.01. The van der Waals surface area contributed by atoms with E-state index in [1.807, 2.05) is 0 Å². The molecule has 0 unspecified atom stereocenters. The normalized spacial score (nSPS) is 10.9. The van der Waals surface area contributed by atoms with Crippen LogP contribution in [0, 0.1) is 4.77 Å². The van der Waals surface area contributed by atoms with Crippen molar-refractivity contribution in [2.75, 3.05) is 0 Å². The molecule has 0 radical (unpaired) electrons. The molecule has 3 heteroatoms. The van der Waals surface area contributed by atoms with Gasteiger partial charge < -0.3 is 9.13 Å². The predicted octanol–water partition coefficient (Wildman–Crippen LogP) is 4.40. The summed E-state index contributed by atoms with van der Waals surface area (Å²) in [6, 6.07) is 0. The molecule has 0 saturated carbocycles. The minimum absolute atomic E-state index is 0.969. The lowest BCUT2D eigenvalue weighted by Gasteiger charge is -2.03. The molecule has 0 saturated heterocycles. The van der Waals surface area contributed by atoms with Gasteiger partial charge in [-0.1, -0.05) is 39.0 Å². The average molecular weight is 240 g/mol. The highest BCUT2D eigenvalue weighted by Gasteiger charge is 1.97. The number of unbranched alkanes of at least 4 members (excludes halogenated alkanes) is 5. The zero-order valence-corrected chi connectivity index (χ0v) is 11.4. The van der Waals surface area contributed by atoms with E-state index in [0.29, 0.717) is 0 Å². The molecule has 0 aliphatic heterocycles. The Kier molecular flexibility index (Phi) is 6.46. The average Bonchev–Trinajstić information content (AvgIpc) is 2.65. The Balaban J connectivity index is 2.22. The van der Waals surface area contributed by atoms with Gasteiger partial charge in [-0.3, -0.25) is 0 Å². The van der Waals surface area contributed by atoms with E-state index in [1.165, 1.54) is 38.5 Å². The fraction of sp³-hybridized carbons (Fsp3) is 0.769. The van der Waals surface area contributed by atoms with Gasteiger partial charge in [0.15, 0.2) is 4.77 Å². The zero-order chi connectivity index (χ0) is 11.8. The number of nitrogens with zero attached hydrogens (tertiary/aromatic N) is 2. The fourth-order valence-corrected chi connectivity index (χ4v) is 2.27. The molecule has 0 spiro atoms. The molecule has 16 heavy (non-hydrogen) atoms. The monoisotopic (exact) mass is 240 g/mol. The Morgan fingerprint density at radius 3 is 2.19 bits per heavy atom. The van der Waals surface area contributed by atoms with Crippen molar-refractivity contribution in [3.63, 3.8) is 0 Å². The zero-order valence-electron chi connectivity index (χ0n) is 10.6. The second-order valence-electron chi connectivity index (χ2n) is 4.33. The van der Waals surface area contributed by atoms with Crippen LogP contribution >= 0.6 is 12.2 Å². The summed E-state index contributed by atoms with van der Waals surface area (Å²) in [5.41, 5.74) is 0. The summed E-state index contributed by atoms with van der Waals surface area (Å²) in [5.74, 6) is 0. The van der Waals surface area contributed by atoms with E-state index >= 15 is 0 Å². The number of hydrogen-bond donors (Lipinski definition) is 0. The van der Waals surface area contributed by atoms with Crippen LogP contribution in [0.1, 0.15) is 52.4 Å². The lowest BCUT2D eigenvalue weighted by Crippen LogP contribution is -2.00. The molecular weight excluding hydrogens is 216 g/mol. The van der Waals surface area contributed by atoms with Crippen LogP contribution < -0.4 is 0 Å². The van der Waals surface area contributed by atoms with Gasteiger partial charge in [-0.15, -0.1) is 0 Å². The Morgan fingerprint density at radius 2 is 1.56 bits per heavy atom. The molecule has 92 valence electrons. The van der Waals surface area contributed by atoms with Gasteiger partial charge in [-0.25, -0.2) is 0 Å². The first kappa shape index (κ1) is 13.5. The first-order valence-electron chi connectivity index (χ1n) is 6.55. The van der Waals surface area contributed by atoms with E-state index in [9.17, 15) is 0 Å². The van der Waals surface area contributed by atoms with Crippen molar-refractivity contribution < 1.29 is 0 Å². The van der Waals surface area contributed by atoms with Crippen molar-refractivity contribution >= 4 is 12.2 Å². The Hall–Kier alpha value is -0.570. The van der Waals surface area contributed by atoms with Gasteiger partial charge in [-0.05, 0) is 25.6 Å². The standard InChI is InChI=1S/C13H24N2S/c1-3-5-6-7-8-9-10-15-12-11-14(4-2)13(15)16/h11-12H,3-10H2,1-2H3. The van der Waals surface area contributed by atoms with Crippen LogP contribution in [0.2, 0.25) is 0 Å². The first-order valence-corrected chi connectivity index (χ1v) is 6.96. The summed E-state index contributed by atoms with van der Waals surface area (Å²) in [7, 11) is 0. The molecule has 0 bridgehead atoms. The van der Waals surface area contributed by atoms with Gasteiger partial charge in [0.2, 0.25) is 0 Å². The van der Waals surface area contributed by atoms with E-state index in [2.05, 4.69) is 35.4 Å². The molecule has 1 rings (SSSR count). The minimum atomic E-state index is 0.969. The summed E-state index contributed by atoms with van der Waals surface area (Å²) in [4.78, 5) is 0. The summed E-state index contributed by atoms with van der Waals surface area (Å²) in [5, 5.41) is 0. The molecule has 0 aromatic carbocycles. The highest BCUT2D eigenvalue weighted by Crippen LogP contribution is 2.07. The fourth-order valence-electron chi connectivity index (χ4n) is 1.93. The Bertz CT molecular complexity index is 338. The molecule has 0 atom stereocenters. The highest BCUT2D eigenvalue weighted by atomic mass is 32.1. The predicted molar refractivity (Wildman–Crippen MR) is 72.3 cm³/mol. The van der Waals surface area contributed by atoms with Crippen LogP contribution in [0.3, 0.4) is 0 Å². The summed E-state index contributed by atoms with van der Waals surface area (Å²) in [6.45, 7) is 6.44. The molecule has 1 heterocycles. The molecule has 0 amide bonds. The molecule has 0 N–H and O–H groups in total. The van der Waals surface area contributed by atoms with E-state index in [4.69, 9.17) is 12.2 Å². The van der Waals surface area contributed by atoms with Crippen LogP contribution in [0.4, 0.5) is 0 Å². The number of hydrogen-bond acceptors (Lipinski definition) is 1. The van der Waals surface area contributed by atoms with Gasteiger partial charge in [0.1, 0.15) is 0 Å². The quantitative estimate of drug-likeness (QED) is 0.483. The molecular formula is C13H24N2S. The van der Waals surface area contributed by atoms with Crippen LogP contribution in [0.5, 0.6) is 0 Å². The molecule has 0 aliphatic rings. The van der Waals surface area contributed by atoms with Crippen molar-refractivity contribution in [2.24, 2.45) is 0 Å². The molecule has 1 aromatic rings. The largest absolute Gasteiger partial charge is 0.324 e. The van der Waals surface area contributed by atoms with Crippen molar-refractivity contribution in [3.05, 3.63) is 17.2 Å². The molecule has 2 nitrogen and oxygen atoms in total. The number of rotatable bonds is 8. The van der Waals surface area contributed by atoms with Crippen LogP contribution in [-0.4, -0.2) is 9.13 Å². The molecule has 1 aromatic heterocycles. The van der Waals surface area contributed by atoms with Crippen molar-refractivity contribution in [2.45, 2.75) is 65.5 Å². The second-order valence-corrected chi connectivity index (χ2v) is 4.69. The second kappa shape index (κ2) is 7.66. The lowest BCUT2D eigenvalue weighted by atomic mass is 10.1. The SMILES string of the molecule is CCCCCCCCn1ccn(CC)c1=S. The smallest absolute Gasteiger partial charge is 0.179 e. The summed E-state index contributed by atoms with van der Waals surface area (Å²) >= 11 is 5.37. The van der Waals surface area contributed by atoms with E-state index in [0.717, 1.165) is 17.9 Å². The van der Waals surface area contributed by atoms with Crippen LogP contribution in [-0.2, 0) is 13.1 Å². The van der Waals surface area contributed by atoms with Gasteiger partial charge in [0.05, 0.1) is 0 Å². The highest BCUT2D eigenvalue weighted by molar-refractivity contribution is 7.71. The van der Waals surface area contributed by atoms with Crippen LogP contribution in [0.15, 0.2) is 12.4 Å². The van der Waals surface area contributed by atoms with Crippen molar-refractivity contribution in [3.8, 4) is 0 Å². The first-order chi connectivity index (χ1) is 7.79. The molecule has 0 fully saturated rings. The maximum Gasteiger partial charge on any atom is 0.179 e.